The van der Waals surface area contributed by atoms with Crippen molar-refractivity contribution in [3.05, 3.63) is 200 Å². The second-order valence-corrected chi connectivity index (χ2v) is 12.0. The summed E-state index contributed by atoms with van der Waals surface area (Å²) in [6.07, 6.45) is 0. The van der Waals surface area contributed by atoms with Gasteiger partial charge in [-0.1, -0.05) is 95.9 Å². The summed E-state index contributed by atoms with van der Waals surface area (Å²) in [7, 11) is 0. The van der Waals surface area contributed by atoms with Gasteiger partial charge in [-0.3, -0.25) is 0 Å². The molecule has 0 saturated heterocycles. The summed E-state index contributed by atoms with van der Waals surface area (Å²) in [5.41, 5.74) is 4.38. The van der Waals surface area contributed by atoms with Crippen LogP contribution in [0.1, 0.15) is 85.9 Å². The smallest absolute Gasteiger partial charge is 0.336 e. The van der Waals surface area contributed by atoms with E-state index in [1.54, 1.807) is 109 Å². The molecule has 0 aliphatic heterocycles. The molecule has 6 aromatic rings. The van der Waals surface area contributed by atoms with Crippen LogP contribution in [0, 0.1) is 47.4 Å². The second-order valence-electron chi connectivity index (χ2n) is 12.0. The molecule has 6 aromatic carbocycles. The Hall–Kier alpha value is -8.56. The Morgan fingerprint density at radius 3 is 0.732 bits per heavy atom. The lowest BCUT2D eigenvalue weighted by molar-refractivity contribution is 0.0685. The number of aromatic carboxylic acids is 4. The third-order valence-electron chi connectivity index (χ3n) is 8.20. The van der Waals surface area contributed by atoms with Gasteiger partial charge in [0.1, 0.15) is 0 Å². The van der Waals surface area contributed by atoms with Gasteiger partial charge in [0.15, 0.2) is 0 Å². The predicted octanol–water partition coefficient (Wildman–Crippen LogP) is 7.75. The minimum Gasteiger partial charge on any atom is -0.478 e. The van der Waals surface area contributed by atoms with Gasteiger partial charge in [-0.2, -0.15) is 0 Å². The van der Waals surface area contributed by atoms with Crippen LogP contribution < -0.4 is 0 Å². The van der Waals surface area contributed by atoms with Crippen LogP contribution in [0.2, 0.25) is 0 Å². The largest absolute Gasteiger partial charge is 0.478 e. The van der Waals surface area contributed by atoms with Gasteiger partial charge in [0.05, 0.1) is 22.3 Å². The highest BCUT2D eigenvalue weighted by Gasteiger charge is 2.11. The van der Waals surface area contributed by atoms with E-state index in [-0.39, 0.29) is 22.3 Å². The van der Waals surface area contributed by atoms with Crippen molar-refractivity contribution in [1.82, 2.24) is 0 Å². The molecule has 8 heteroatoms. The van der Waals surface area contributed by atoms with Crippen molar-refractivity contribution < 1.29 is 39.6 Å². The van der Waals surface area contributed by atoms with Gasteiger partial charge in [0.25, 0.3) is 0 Å². The van der Waals surface area contributed by atoms with Crippen molar-refractivity contribution in [2.45, 2.75) is 0 Å². The zero-order valence-electron chi connectivity index (χ0n) is 29.1. The summed E-state index contributed by atoms with van der Waals surface area (Å²) >= 11 is 0. The van der Waals surface area contributed by atoms with Crippen LogP contribution >= 0.6 is 0 Å². The van der Waals surface area contributed by atoms with Crippen molar-refractivity contribution in [1.29, 1.82) is 0 Å². The maximum absolute atomic E-state index is 11.9. The van der Waals surface area contributed by atoms with Gasteiger partial charge in [-0.25, -0.2) is 19.2 Å². The molecule has 0 heterocycles. The molecule has 0 amide bonds. The standard InChI is InChI=1S/C48H26O8/c49-45(50)41-13-5-1-9-35(41)21-17-31-25-32(18-22-36-10-2-6-14-42(36)46(51)52)28-39(27-31)40-29-33(19-23-37-11-3-7-15-43(37)47(53)54)26-34(30-40)20-24-38-12-4-8-16-44(38)48(55)56/h1-16,25-30H,(H,49,50)(H,51,52)(H,53,54)(H,55,56). The van der Waals surface area contributed by atoms with Crippen LogP contribution in [-0.4, -0.2) is 44.3 Å². The van der Waals surface area contributed by atoms with Crippen molar-refractivity contribution >= 4 is 23.9 Å². The van der Waals surface area contributed by atoms with Crippen LogP contribution in [0.3, 0.4) is 0 Å². The average Bonchev–Trinajstić information content (AvgIpc) is 3.20. The van der Waals surface area contributed by atoms with Crippen LogP contribution in [-0.2, 0) is 0 Å². The number of hydrogen-bond donors (Lipinski definition) is 4. The Kier molecular flexibility index (Phi) is 11.2. The Labute approximate surface area is 321 Å². The molecule has 0 aromatic heterocycles. The lowest BCUT2D eigenvalue weighted by Crippen LogP contribution is -1.99. The molecule has 0 bridgehead atoms. The molecular formula is C48H26O8. The SMILES string of the molecule is O=C(O)c1ccccc1C#Cc1cc(C#Cc2ccccc2C(=O)O)cc(-c2cc(C#Cc3ccccc3C(=O)O)cc(C#Cc3ccccc3C(=O)O)c2)c1. The number of carbonyl (C=O) groups is 4. The van der Waals surface area contributed by atoms with Crippen molar-refractivity contribution in [2.75, 3.05) is 0 Å². The number of rotatable bonds is 5. The number of carboxylic acid groups (broad SMARTS) is 4. The van der Waals surface area contributed by atoms with Crippen molar-refractivity contribution in [3.8, 4) is 58.5 Å². The van der Waals surface area contributed by atoms with Gasteiger partial charge in [0.2, 0.25) is 0 Å². The first-order chi connectivity index (χ1) is 27.0. The molecule has 266 valence electrons. The molecule has 0 fully saturated rings. The summed E-state index contributed by atoms with van der Waals surface area (Å²) in [5.74, 6) is 19.5. The molecule has 0 radical (unpaired) electrons. The van der Waals surface area contributed by atoms with E-state index in [2.05, 4.69) is 47.4 Å². The molecule has 8 nitrogen and oxygen atoms in total. The van der Waals surface area contributed by atoms with Crippen molar-refractivity contribution in [3.63, 3.8) is 0 Å². The van der Waals surface area contributed by atoms with Gasteiger partial charge < -0.3 is 20.4 Å². The highest BCUT2D eigenvalue weighted by molar-refractivity contribution is 5.92. The summed E-state index contributed by atoms with van der Waals surface area (Å²) in [6, 6.07) is 35.9. The normalized spacial score (nSPS) is 9.79. The molecule has 6 rings (SSSR count). The molecule has 4 N–H and O–H groups in total. The van der Waals surface area contributed by atoms with E-state index in [4.69, 9.17) is 0 Å². The topological polar surface area (TPSA) is 149 Å². The van der Waals surface area contributed by atoms with Gasteiger partial charge >= 0.3 is 23.9 Å². The molecule has 56 heavy (non-hydrogen) atoms. The van der Waals surface area contributed by atoms with Crippen LogP contribution in [0.4, 0.5) is 0 Å². The highest BCUT2D eigenvalue weighted by Crippen LogP contribution is 2.26. The molecular weight excluding hydrogens is 705 g/mol. The fourth-order valence-corrected chi connectivity index (χ4v) is 5.55. The maximum Gasteiger partial charge on any atom is 0.336 e. The van der Waals surface area contributed by atoms with Crippen LogP contribution in [0.5, 0.6) is 0 Å². The summed E-state index contributed by atoms with van der Waals surface area (Å²) in [4.78, 5) is 47.5. The van der Waals surface area contributed by atoms with E-state index in [1.807, 2.05) is 0 Å². The Bertz CT molecular complexity index is 2470. The molecule has 0 aliphatic rings. The third-order valence-corrected chi connectivity index (χ3v) is 8.20. The van der Waals surface area contributed by atoms with Crippen LogP contribution in [0.25, 0.3) is 11.1 Å². The van der Waals surface area contributed by atoms with Gasteiger partial charge in [0, 0.05) is 44.5 Å². The monoisotopic (exact) mass is 730 g/mol. The summed E-state index contributed by atoms with van der Waals surface area (Å²) < 4.78 is 0. The van der Waals surface area contributed by atoms with E-state index in [0.717, 1.165) is 0 Å². The average molecular weight is 731 g/mol. The lowest BCUT2D eigenvalue weighted by Gasteiger charge is -2.07. The first kappa shape index (κ1) is 37.2. The summed E-state index contributed by atoms with van der Waals surface area (Å²) in [5, 5.41) is 38.8. The first-order valence-corrected chi connectivity index (χ1v) is 16.7. The number of hydrogen-bond acceptors (Lipinski definition) is 4. The van der Waals surface area contributed by atoms with E-state index >= 15 is 0 Å². The summed E-state index contributed by atoms with van der Waals surface area (Å²) in [6.45, 7) is 0. The molecule has 0 spiro atoms. The Balaban J connectivity index is 1.55. The van der Waals surface area contributed by atoms with Gasteiger partial charge in [-0.15, -0.1) is 0 Å². The Morgan fingerprint density at radius 1 is 0.304 bits per heavy atom. The van der Waals surface area contributed by atoms with E-state index in [9.17, 15) is 39.6 Å². The van der Waals surface area contributed by atoms with Crippen molar-refractivity contribution in [2.24, 2.45) is 0 Å². The van der Waals surface area contributed by atoms with Crippen LogP contribution in [0.15, 0.2) is 133 Å². The molecule has 0 saturated carbocycles. The fraction of sp³-hybridized carbons (Fsp3) is 0. The minimum absolute atomic E-state index is 0.0323. The second kappa shape index (κ2) is 16.8. The quantitative estimate of drug-likeness (QED) is 0.132. The zero-order valence-corrected chi connectivity index (χ0v) is 29.1. The van der Waals surface area contributed by atoms with E-state index in [0.29, 0.717) is 55.6 Å². The zero-order chi connectivity index (χ0) is 39.6. The van der Waals surface area contributed by atoms with Gasteiger partial charge in [-0.05, 0) is 96.1 Å². The Morgan fingerprint density at radius 2 is 0.518 bits per heavy atom. The predicted molar refractivity (Wildman–Crippen MR) is 209 cm³/mol. The highest BCUT2D eigenvalue weighted by atomic mass is 16.4. The molecule has 0 atom stereocenters. The minimum atomic E-state index is -1.13. The molecule has 0 aliphatic carbocycles. The van der Waals surface area contributed by atoms with E-state index < -0.39 is 23.9 Å². The molecule has 0 unspecified atom stereocenters. The fourth-order valence-electron chi connectivity index (χ4n) is 5.55. The first-order valence-electron chi connectivity index (χ1n) is 16.7. The lowest BCUT2D eigenvalue weighted by atomic mass is 9.95. The number of benzene rings is 6. The third kappa shape index (κ3) is 9.08. The van der Waals surface area contributed by atoms with E-state index in [1.165, 1.54) is 24.3 Å². The number of carboxylic acids is 4. The maximum atomic E-state index is 11.9.